The first-order valence-electron chi connectivity index (χ1n) is 4.84. The largest absolute Gasteiger partial charge is 0.411 e. The fourth-order valence-corrected chi connectivity index (χ4v) is 0.815. The summed E-state index contributed by atoms with van der Waals surface area (Å²) in [4.78, 5) is 0. The number of hydrogen-bond donors (Lipinski definition) is 2. The predicted octanol–water partition coefficient (Wildman–Crippen LogP) is 1.32. The summed E-state index contributed by atoms with van der Waals surface area (Å²) in [5.41, 5.74) is -0.815. The molecule has 3 nitrogen and oxygen atoms in total. The molecule has 0 amide bonds. The highest BCUT2D eigenvalue weighted by molar-refractivity contribution is 4.72. The van der Waals surface area contributed by atoms with Crippen molar-refractivity contribution in [1.29, 1.82) is 0 Å². The molecule has 0 saturated carbocycles. The zero-order valence-electron chi connectivity index (χ0n) is 9.02. The molecule has 15 heavy (non-hydrogen) atoms. The Labute approximate surface area is 87.6 Å². The predicted molar refractivity (Wildman–Crippen MR) is 50.7 cm³/mol. The van der Waals surface area contributed by atoms with Gasteiger partial charge in [0.05, 0.1) is 12.2 Å². The van der Waals surface area contributed by atoms with Crippen LogP contribution < -0.4 is 5.32 Å². The van der Waals surface area contributed by atoms with Gasteiger partial charge in [-0.3, -0.25) is 0 Å². The maximum atomic E-state index is 11.6. The van der Waals surface area contributed by atoms with Crippen molar-refractivity contribution >= 4 is 0 Å². The van der Waals surface area contributed by atoms with Gasteiger partial charge in [0, 0.05) is 13.1 Å². The molecule has 0 aromatic carbocycles. The van der Waals surface area contributed by atoms with E-state index in [1.165, 1.54) is 0 Å². The minimum absolute atomic E-state index is 0.0146. The number of alkyl halides is 3. The van der Waals surface area contributed by atoms with Crippen LogP contribution in [-0.2, 0) is 4.74 Å². The molecule has 0 heterocycles. The molecular formula is C9H18F3NO2. The summed E-state index contributed by atoms with van der Waals surface area (Å²) < 4.78 is 39.2. The van der Waals surface area contributed by atoms with Crippen LogP contribution in [0.5, 0.6) is 0 Å². The highest BCUT2D eigenvalue weighted by atomic mass is 19.4. The maximum Gasteiger partial charge on any atom is 0.411 e. The summed E-state index contributed by atoms with van der Waals surface area (Å²) in [6.07, 6.45) is -3.68. The van der Waals surface area contributed by atoms with Crippen LogP contribution in [0.25, 0.3) is 0 Å². The van der Waals surface area contributed by atoms with E-state index in [2.05, 4.69) is 10.1 Å². The van der Waals surface area contributed by atoms with E-state index < -0.39 is 18.4 Å². The Morgan fingerprint density at radius 3 is 2.40 bits per heavy atom. The van der Waals surface area contributed by atoms with Gasteiger partial charge >= 0.3 is 6.18 Å². The summed E-state index contributed by atoms with van der Waals surface area (Å²) in [5.74, 6) is 0. The molecule has 0 saturated heterocycles. The molecule has 0 aromatic heterocycles. The molecule has 0 aliphatic heterocycles. The average Bonchev–Trinajstić information content (AvgIpc) is 2.09. The van der Waals surface area contributed by atoms with E-state index in [0.717, 1.165) is 0 Å². The van der Waals surface area contributed by atoms with Crippen LogP contribution in [0.15, 0.2) is 0 Å². The molecule has 0 rings (SSSR count). The lowest BCUT2D eigenvalue weighted by atomic mass is 10.0. The number of hydrogen-bond acceptors (Lipinski definition) is 3. The molecular weight excluding hydrogens is 211 g/mol. The van der Waals surface area contributed by atoms with Crippen molar-refractivity contribution in [2.45, 2.75) is 32.0 Å². The standard InChI is InChI=1S/C9H18F3NO2/c1-3-8(2,14)6-13-4-5-15-7-9(10,11)12/h13-14H,3-7H2,1-2H3. The lowest BCUT2D eigenvalue weighted by Crippen LogP contribution is -2.38. The number of nitrogens with one attached hydrogen (secondary N) is 1. The number of rotatable bonds is 7. The van der Waals surface area contributed by atoms with Crippen LogP contribution in [0.1, 0.15) is 20.3 Å². The van der Waals surface area contributed by atoms with E-state index in [-0.39, 0.29) is 6.61 Å². The molecule has 2 N–H and O–H groups in total. The summed E-state index contributed by atoms with van der Waals surface area (Å²) >= 11 is 0. The third-order valence-corrected chi connectivity index (χ3v) is 1.96. The minimum atomic E-state index is -4.27. The van der Waals surface area contributed by atoms with E-state index >= 15 is 0 Å². The SMILES string of the molecule is CCC(C)(O)CNCCOCC(F)(F)F. The molecule has 6 heteroatoms. The second kappa shape index (κ2) is 6.30. The van der Waals surface area contributed by atoms with Crippen molar-refractivity contribution in [1.82, 2.24) is 5.32 Å². The van der Waals surface area contributed by atoms with Gasteiger partial charge in [0.25, 0.3) is 0 Å². The maximum absolute atomic E-state index is 11.6. The average molecular weight is 229 g/mol. The fraction of sp³-hybridized carbons (Fsp3) is 1.00. The third-order valence-electron chi connectivity index (χ3n) is 1.96. The Morgan fingerprint density at radius 1 is 1.33 bits per heavy atom. The topological polar surface area (TPSA) is 41.5 Å². The van der Waals surface area contributed by atoms with Crippen LogP contribution in [0.2, 0.25) is 0 Å². The quantitative estimate of drug-likeness (QED) is 0.647. The van der Waals surface area contributed by atoms with Crippen molar-refractivity contribution in [2.24, 2.45) is 0 Å². The van der Waals surface area contributed by atoms with Crippen molar-refractivity contribution < 1.29 is 23.0 Å². The monoisotopic (exact) mass is 229 g/mol. The Morgan fingerprint density at radius 2 is 1.93 bits per heavy atom. The van der Waals surface area contributed by atoms with Crippen LogP contribution in [0.4, 0.5) is 13.2 Å². The lowest BCUT2D eigenvalue weighted by Gasteiger charge is -2.21. The molecule has 0 bridgehead atoms. The smallest absolute Gasteiger partial charge is 0.389 e. The van der Waals surface area contributed by atoms with Gasteiger partial charge < -0.3 is 15.2 Å². The van der Waals surface area contributed by atoms with Crippen LogP contribution in [-0.4, -0.2) is 43.2 Å². The first-order valence-corrected chi connectivity index (χ1v) is 4.84. The van der Waals surface area contributed by atoms with Crippen LogP contribution in [0.3, 0.4) is 0 Å². The van der Waals surface area contributed by atoms with Gasteiger partial charge in [0.2, 0.25) is 0 Å². The summed E-state index contributed by atoms with van der Waals surface area (Å²) in [5, 5.41) is 12.3. The van der Waals surface area contributed by atoms with Gasteiger partial charge in [-0.1, -0.05) is 6.92 Å². The molecule has 0 spiro atoms. The van der Waals surface area contributed by atoms with E-state index in [1.807, 2.05) is 6.92 Å². The molecule has 0 radical (unpaired) electrons. The first-order chi connectivity index (χ1) is 6.77. The zero-order valence-corrected chi connectivity index (χ0v) is 9.02. The Hall–Kier alpha value is -0.330. The number of ether oxygens (including phenoxy) is 1. The summed E-state index contributed by atoms with van der Waals surface area (Å²) in [6.45, 7) is 2.90. The van der Waals surface area contributed by atoms with E-state index in [1.54, 1.807) is 6.92 Å². The highest BCUT2D eigenvalue weighted by Gasteiger charge is 2.27. The second-order valence-electron chi connectivity index (χ2n) is 3.70. The molecule has 1 unspecified atom stereocenters. The molecule has 0 aliphatic carbocycles. The highest BCUT2D eigenvalue weighted by Crippen LogP contribution is 2.13. The molecule has 0 aromatic rings. The van der Waals surface area contributed by atoms with Gasteiger partial charge in [-0.2, -0.15) is 13.2 Å². The first kappa shape index (κ1) is 14.7. The van der Waals surface area contributed by atoms with Gasteiger partial charge in [-0.15, -0.1) is 0 Å². The molecule has 92 valence electrons. The van der Waals surface area contributed by atoms with Crippen LogP contribution in [0, 0.1) is 0 Å². The van der Waals surface area contributed by atoms with Gasteiger partial charge in [0.15, 0.2) is 0 Å². The van der Waals surface area contributed by atoms with E-state index in [0.29, 0.717) is 19.5 Å². The molecule has 0 fully saturated rings. The lowest BCUT2D eigenvalue weighted by molar-refractivity contribution is -0.173. The third kappa shape index (κ3) is 9.96. The summed E-state index contributed by atoms with van der Waals surface area (Å²) in [6, 6.07) is 0. The van der Waals surface area contributed by atoms with E-state index in [4.69, 9.17) is 0 Å². The van der Waals surface area contributed by atoms with E-state index in [9.17, 15) is 18.3 Å². The normalized spacial score (nSPS) is 16.4. The van der Waals surface area contributed by atoms with Crippen molar-refractivity contribution in [3.05, 3.63) is 0 Å². The Balaban J connectivity index is 3.33. The van der Waals surface area contributed by atoms with Gasteiger partial charge in [-0.25, -0.2) is 0 Å². The summed E-state index contributed by atoms with van der Waals surface area (Å²) in [7, 11) is 0. The van der Waals surface area contributed by atoms with Crippen molar-refractivity contribution in [2.75, 3.05) is 26.3 Å². The van der Waals surface area contributed by atoms with Crippen molar-refractivity contribution in [3.8, 4) is 0 Å². The second-order valence-corrected chi connectivity index (χ2v) is 3.70. The molecule has 1 atom stereocenters. The van der Waals surface area contributed by atoms with Crippen molar-refractivity contribution in [3.63, 3.8) is 0 Å². The van der Waals surface area contributed by atoms with Crippen LogP contribution >= 0.6 is 0 Å². The Bertz CT molecular complexity index is 171. The van der Waals surface area contributed by atoms with Gasteiger partial charge in [-0.05, 0) is 13.3 Å². The molecule has 0 aliphatic rings. The minimum Gasteiger partial charge on any atom is -0.389 e. The number of halogens is 3. The Kier molecular flexibility index (Phi) is 6.16. The van der Waals surface area contributed by atoms with Gasteiger partial charge in [0.1, 0.15) is 6.61 Å². The fourth-order valence-electron chi connectivity index (χ4n) is 0.815. The number of aliphatic hydroxyl groups is 1. The zero-order chi connectivity index (χ0) is 11.9.